The molecule has 100 valence electrons. The summed E-state index contributed by atoms with van der Waals surface area (Å²) in [5, 5.41) is 3.06. The molecule has 0 amide bonds. The molecule has 0 unspecified atom stereocenters. The Balaban J connectivity index is 2.15. The van der Waals surface area contributed by atoms with Crippen LogP contribution < -0.4 is 10.1 Å². The second-order valence-corrected chi connectivity index (χ2v) is 3.88. The fourth-order valence-corrected chi connectivity index (χ4v) is 1.65. The highest BCUT2D eigenvalue weighted by molar-refractivity contribution is 5.43. The molecule has 1 heterocycles. The van der Waals surface area contributed by atoms with E-state index in [-0.39, 0.29) is 12.4 Å². The number of anilines is 1. The number of halogens is 2. The van der Waals surface area contributed by atoms with E-state index >= 15 is 0 Å². The number of nitrogens with one attached hydrogen (secondary N) is 1. The average molecular weight is 264 g/mol. The van der Waals surface area contributed by atoms with Gasteiger partial charge in [-0.3, -0.25) is 0 Å². The number of pyridine rings is 1. The van der Waals surface area contributed by atoms with Gasteiger partial charge < -0.3 is 10.1 Å². The lowest BCUT2D eigenvalue weighted by Gasteiger charge is -2.11. The zero-order valence-electron chi connectivity index (χ0n) is 10.5. The Morgan fingerprint density at radius 1 is 1.16 bits per heavy atom. The lowest BCUT2D eigenvalue weighted by Crippen LogP contribution is -2.06. The Labute approximate surface area is 110 Å². The SMILES string of the molecule is CCNc1ncccc1COc1c(F)cccc1F. The third kappa shape index (κ3) is 3.19. The van der Waals surface area contributed by atoms with Crippen molar-refractivity contribution in [2.75, 3.05) is 11.9 Å². The smallest absolute Gasteiger partial charge is 0.191 e. The van der Waals surface area contributed by atoms with Crippen molar-refractivity contribution in [2.24, 2.45) is 0 Å². The van der Waals surface area contributed by atoms with Gasteiger partial charge in [-0.25, -0.2) is 13.8 Å². The fraction of sp³-hybridized carbons (Fsp3) is 0.214. The van der Waals surface area contributed by atoms with Crippen LogP contribution in [0.5, 0.6) is 5.75 Å². The van der Waals surface area contributed by atoms with Crippen molar-refractivity contribution in [1.82, 2.24) is 4.98 Å². The first-order chi connectivity index (χ1) is 9.22. The van der Waals surface area contributed by atoms with Crippen LogP contribution in [0.15, 0.2) is 36.5 Å². The number of rotatable bonds is 5. The number of benzene rings is 1. The number of para-hydroxylation sites is 1. The molecule has 0 atom stereocenters. The predicted molar refractivity (Wildman–Crippen MR) is 69.1 cm³/mol. The molecule has 1 aromatic heterocycles. The quantitative estimate of drug-likeness (QED) is 0.899. The first-order valence-corrected chi connectivity index (χ1v) is 5.97. The summed E-state index contributed by atoms with van der Waals surface area (Å²) in [6.45, 7) is 2.70. The van der Waals surface area contributed by atoms with Crippen LogP contribution in [0.4, 0.5) is 14.6 Å². The minimum absolute atomic E-state index is 0.0496. The third-order valence-corrected chi connectivity index (χ3v) is 2.53. The molecular formula is C14H14F2N2O. The van der Waals surface area contributed by atoms with E-state index in [4.69, 9.17) is 4.74 Å². The molecule has 1 N–H and O–H groups in total. The number of ether oxygens (including phenoxy) is 1. The highest BCUT2D eigenvalue weighted by Gasteiger charge is 2.11. The molecule has 19 heavy (non-hydrogen) atoms. The van der Waals surface area contributed by atoms with Gasteiger partial charge in [0.2, 0.25) is 0 Å². The molecule has 0 saturated carbocycles. The van der Waals surface area contributed by atoms with Gasteiger partial charge in [0.15, 0.2) is 17.4 Å². The first kappa shape index (κ1) is 13.3. The Morgan fingerprint density at radius 2 is 1.89 bits per heavy atom. The Kier molecular flexibility index (Phi) is 4.28. The van der Waals surface area contributed by atoms with Gasteiger partial charge in [-0.05, 0) is 25.1 Å². The van der Waals surface area contributed by atoms with Crippen LogP contribution in [0.2, 0.25) is 0 Å². The topological polar surface area (TPSA) is 34.2 Å². The summed E-state index contributed by atoms with van der Waals surface area (Å²) in [7, 11) is 0. The lowest BCUT2D eigenvalue weighted by atomic mass is 10.2. The van der Waals surface area contributed by atoms with E-state index in [1.165, 1.54) is 6.07 Å². The summed E-state index contributed by atoms with van der Waals surface area (Å²) in [6, 6.07) is 7.16. The number of nitrogens with zero attached hydrogens (tertiary/aromatic N) is 1. The van der Waals surface area contributed by atoms with Crippen LogP contribution >= 0.6 is 0 Å². The van der Waals surface area contributed by atoms with Gasteiger partial charge in [-0.2, -0.15) is 0 Å². The number of aromatic nitrogens is 1. The van der Waals surface area contributed by atoms with E-state index < -0.39 is 11.6 Å². The molecule has 0 bridgehead atoms. The molecule has 0 aliphatic rings. The lowest BCUT2D eigenvalue weighted by molar-refractivity contribution is 0.274. The zero-order chi connectivity index (χ0) is 13.7. The van der Waals surface area contributed by atoms with Crippen molar-refractivity contribution in [1.29, 1.82) is 0 Å². The summed E-state index contributed by atoms with van der Waals surface area (Å²) in [5.74, 6) is -1.14. The van der Waals surface area contributed by atoms with Gasteiger partial charge in [0.05, 0.1) is 0 Å². The number of hydrogen-bond donors (Lipinski definition) is 1. The third-order valence-electron chi connectivity index (χ3n) is 2.53. The maximum atomic E-state index is 13.4. The molecule has 3 nitrogen and oxygen atoms in total. The fourth-order valence-electron chi connectivity index (χ4n) is 1.65. The van der Waals surface area contributed by atoms with Crippen molar-refractivity contribution >= 4 is 5.82 Å². The largest absolute Gasteiger partial charge is 0.483 e. The van der Waals surface area contributed by atoms with Crippen molar-refractivity contribution < 1.29 is 13.5 Å². The maximum Gasteiger partial charge on any atom is 0.191 e. The molecule has 0 fully saturated rings. The molecule has 0 aliphatic heterocycles. The molecule has 0 aliphatic carbocycles. The van der Waals surface area contributed by atoms with E-state index in [0.717, 1.165) is 17.7 Å². The molecule has 1 aromatic carbocycles. The van der Waals surface area contributed by atoms with E-state index in [0.29, 0.717) is 12.4 Å². The van der Waals surface area contributed by atoms with Gasteiger partial charge in [0.1, 0.15) is 12.4 Å². The van der Waals surface area contributed by atoms with Gasteiger partial charge in [0.25, 0.3) is 0 Å². The summed E-state index contributed by atoms with van der Waals surface area (Å²) in [5.41, 5.74) is 0.743. The normalized spacial score (nSPS) is 10.3. The zero-order valence-corrected chi connectivity index (χ0v) is 10.5. The minimum Gasteiger partial charge on any atom is -0.483 e. The van der Waals surface area contributed by atoms with Crippen LogP contribution in [0.1, 0.15) is 12.5 Å². The molecule has 2 aromatic rings. The van der Waals surface area contributed by atoms with Crippen LogP contribution in [0.25, 0.3) is 0 Å². The van der Waals surface area contributed by atoms with Gasteiger partial charge >= 0.3 is 0 Å². The van der Waals surface area contributed by atoms with Crippen molar-refractivity contribution in [2.45, 2.75) is 13.5 Å². The molecule has 0 saturated heterocycles. The first-order valence-electron chi connectivity index (χ1n) is 5.97. The minimum atomic E-state index is -0.714. The van der Waals surface area contributed by atoms with Crippen molar-refractivity contribution in [3.8, 4) is 5.75 Å². The van der Waals surface area contributed by atoms with Crippen molar-refractivity contribution in [3.05, 3.63) is 53.7 Å². The monoisotopic (exact) mass is 264 g/mol. The Hall–Kier alpha value is -2.17. The summed E-state index contributed by atoms with van der Waals surface area (Å²) < 4.78 is 32.0. The highest BCUT2D eigenvalue weighted by Crippen LogP contribution is 2.23. The van der Waals surface area contributed by atoms with E-state index in [2.05, 4.69) is 10.3 Å². The average Bonchev–Trinajstić information content (AvgIpc) is 2.40. The van der Waals surface area contributed by atoms with Gasteiger partial charge in [-0.15, -0.1) is 0 Å². The molecule has 5 heteroatoms. The number of hydrogen-bond acceptors (Lipinski definition) is 3. The van der Waals surface area contributed by atoms with Gasteiger partial charge in [-0.1, -0.05) is 12.1 Å². The molecule has 0 radical (unpaired) electrons. The summed E-state index contributed by atoms with van der Waals surface area (Å²) in [6.07, 6.45) is 1.64. The van der Waals surface area contributed by atoms with E-state index in [9.17, 15) is 8.78 Å². The maximum absolute atomic E-state index is 13.4. The summed E-state index contributed by atoms with van der Waals surface area (Å²) in [4.78, 5) is 4.15. The standard InChI is InChI=1S/C14H14F2N2O/c1-2-17-14-10(5-4-8-18-14)9-19-13-11(15)6-3-7-12(13)16/h3-8H,2,9H2,1H3,(H,17,18). The molecular weight excluding hydrogens is 250 g/mol. The van der Waals surface area contributed by atoms with Crippen LogP contribution in [0.3, 0.4) is 0 Å². The summed E-state index contributed by atoms with van der Waals surface area (Å²) >= 11 is 0. The molecule has 2 rings (SSSR count). The van der Waals surface area contributed by atoms with Gasteiger partial charge in [0, 0.05) is 18.3 Å². The Morgan fingerprint density at radius 3 is 2.58 bits per heavy atom. The van der Waals surface area contributed by atoms with Crippen LogP contribution in [-0.4, -0.2) is 11.5 Å². The predicted octanol–water partition coefficient (Wildman–Crippen LogP) is 3.37. The second-order valence-electron chi connectivity index (χ2n) is 3.88. The van der Waals surface area contributed by atoms with E-state index in [1.54, 1.807) is 18.3 Å². The second kappa shape index (κ2) is 6.13. The Bertz CT molecular complexity index is 541. The van der Waals surface area contributed by atoms with Crippen LogP contribution in [0, 0.1) is 11.6 Å². The van der Waals surface area contributed by atoms with Crippen molar-refractivity contribution in [3.63, 3.8) is 0 Å². The van der Waals surface area contributed by atoms with Crippen LogP contribution in [-0.2, 0) is 6.61 Å². The highest BCUT2D eigenvalue weighted by atomic mass is 19.1. The molecule has 0 spiro atoms. The van der Waals surface area contributed by atoms with E-state index in [1.807, 2.05) is 6.92 Å².